The van der Waals surface area contributed by atoms with Crippen LogP contribution in [0.4, 0.5) is 5.69 Å². The molecule has 0 aliphatic heterocycles. The normalized spacial score (nSPS) is 12.8. The zero-order chi connectivity index (χ0) is 9.84. The lowest BCUT2D eigenvalue weighted by molar-refractivity contribution is 0.666. The summed E-state index contributed by atoms with van der Waals surface area (Å²) in [4.78, 5) is 0. The molecule has 13 heavy (non-hydrogen) atoms. The van der Waals surface area contributed by atoms with Crippen LogP contribution in [0.5, 0.6) is 0 Å². The molecule has 2 nitrogen and oxygen atoms in total. The minimum absolute atomic E-state index is 0.276. The van der Waals surface area contributed by atoms with Gasteiger partial charge in [-0.05, 0) is 43.9 Å². The minimum Gasteiger partial charge on any atom is -0.399 e. The molecule has 2 heteroatoms. The first kappa shape index (κ1) is 10.1. The molecule has 0 aliphatic rings. The summed E-state index contributed by atoms with van der Waals surface area (Å²) in [6, 6.07) is 6.45. The highest BCUT2D eigenvalue weighted by Crippen LogP contribution is 2.14. The van der Waals surface area contributed by atoms with Gasteiger partial charge in [-0.3, -0.25) is 0 Å². The fraction of sp³-hybridized carbons (Fsp3) is 0.455. The van der Waals surface area contributed by atoms with E-state index in [4.69, 9.17) is 11.5 Å². The standard InChI is InChI=1S/C11H18N2/c1-8-7-10(4-3-9(2)12)5-6-11(8)13/h5-7,9H,3-4,12-13H2,1-2H3/t9-/m1/s1. The molecule has 0 aromatic heterocycles. The number of rotatable bonds is 3. The highest BCUT2D eigenvalue weighted by molar-refractivity contribution is 5.47. The molecule has 4 N–H and O–H groups in total. The van der Waals surface area contributed by atoms with Crippen molar-refractivity contribution in [2.45, 2.75) is 32.7 Å². The molecular formula is C11H18N2. The second-order valence-corrected chi connectivity index (χ2v) is 3.71. The molecule has 0 saturated carbocycles. The smallest absolute Gasteiger partial charge is 0.0343 e. The van der Waals surface area contributed by atoms with Gasteiger partial charge in [0.25, 0.3) is 0 Å². The Labute approximate surface area is 79.9 Å². The van der Waals surface area contributed by atoms with Gasteiger partial charge in [-0.2, -0.15) is 0 Å². The Kier molecular flexibility index (Phi) is 3.32. The molecule has 0 spiro atoms. The van der Waals surface area contributed by atoms with Crippen LogP contribution in [0.3, 0.4) is 0 Å². The molecule has 0 fully saturated rings. The second kappa shape index (κ2) is 4.28. The van der Waals surface area contributed by atoms with Crippen molar-refractivity contribution in [3.05, 3.63) is 29.3 Å². The van der Waals surface area contributed by atoms with E-state index < -0.39 is 0 Å². The number of anilines is 1. The molecule has 1 atom stereocenters. The Bertz CT molecular complexity index is 279. The van der Waals surface area contributed by atoms with Gasteiger partial charge >= 0.3 is 0 Å². The van der Waals surface area contributed by atoms with Crippen LogP contribution in [-0.4, -0.2) is 6.04 Å². The zero-order valence-electron chi connectivity index (χ0n) is 8.38. The Morgan fingerprint density at radius 2 is 2.08 bits per heavy atom. The molecular weight excluding hydrogens is 160 g/mol. The van der Waals surface area contributed by atoms with Gasteiger partial charge in [-0.25, -0.2) is 0 Å². The lowest BCUT2D eigenvalue weighted by atomic mass is 10.0. The number of benzene rings is 1. The Balaban J connectivity index is 2.63. The van der Waals surface area contributed by atoms with E-state index in [2.05, 4.69) is 12.1 Å². The van der Waals surface area contributed by atoms with Crippen molar-refractivity contribution in [2.24, 2.45) is 5.73 Å². The summed E-state index contributed by atoms with van der Waals surface area (Å²) < 4.78 is 0. The fourth-order valence-corrected chi connectivity index (χ4v) is 1.29. The monoisotopic (exact) mass is 178 g/mol. The third-order valence-electron chi connectivity index (χ3n) is 2.22. The second-order valence-electron chi connectivity index (χ2n) is 3.71. The van der Waals surface area contributed by atoms with Crippen molar-refractivity contribution in [1.29, 1.82) is 0 Å². The maximum absolute atomic E-state index is 5.72. The van der Waals surface area contributed by atoms with E-state index in [0.29, 0.717) is 0 Å². The van der Waals surface area contributed by atoms with Crippen LogP contribution < -0.4 is 11.5 Å². The predicted octanol–water partition coefficient (Wildman–Crippen LogP) is 1.86. The van der Waals surface area contributed by atoms with Crippen molar-refractivity contribution in [2.75, 3.05) is 5.73 Å². The molecule has 0 radical (unpaired) electrons. The van der Waals surface area contributed by atoms with Crippen molar-refractivity contribution in [3.8, 4) is 0 Å². The van der Waals surface area contributed by atoms with Crippen LogP contribution in [0.15, 0.2) is 18.2 Å². The van der Waals surface area contributed by atoms with E-state index in [1.165, 1.54) is 5.56 Å². The van der Waals surface area contributed by atoms with E-state index in [-0.39, 0.29) is 6.04 Å². The van der Waals surface area contributed by atoms with E-state index in [9.17, 15) is 0 Å². The Hall–Kier alpha value is -1.02. The number of nitrogens with two attached hydrogens (primary N) is 2. The summed E-state index contributed by atoms with van der Waals surface area (Å²) in [5, 5.41) is 0. The predicted molar refractivity (Wildman–Crippen MR) is 57.6 cm³/mol. The van der Waals surface area contributed by atoms with Crippen molar-refractivity contribution in [1.82, 2.24) is 0 Å². The van der Waals surface area contributed by atoms with Gasteiger partial charge in [0.05, 0.1) is 0 Å². The van der Waals surface area contributed by atoms with Crippen LogP contribution in [0.2, 0.25) is 0 Å². The third-order valence-corrected chi connectivity index (χ3v) is 2.22. The summed E-state index contributed by atoms with van der Waals surface area (Å²) in [7, 11) is 0. The topological polar surface area (TPSA) is 52.0 Å². The number of hydrogen-bond acceptors (Lipinski definition) is 2. The van der Waals surface area contributed by atoms with Gasteiger partial charge in [-0.1, -0.05) is 12.1 Å². The zero-order valence-corrected chi connectivity index (χ0v) is 8.38. The Morgan fingerprint density at radius 3 is 2.62 bits per heavy atom. The first-order valence-electron chi connectivity index (χ1n) is 4.70. The van der Waals surface area contributed by atoms with Gasteiger partial charge in [0.2, 0.25) is 0 Å². The van der Waals surface area contributed by atoms with Crippen LogP contribution in [-0.2, 0) is 6.42 Å². The average molecular weight is 178 g/mol. The number of aryl methyl sites for hydroxylation is 2. The van der Waals surface area contributed by atoms with E-state index in [0.717, 1.165) is 24.1 Å². The van der Waals surface area contributed by atoms with Crippen molar-refractivity contribution < 1.29 is 0 Å². The maximum Gasteiger partial charge on any atom is 0.0343 e. The van der Waals surface area contributed by atoms with E-state index >= 15 is 0 Å². The molecule has 0 bridgehead atoms. The molecule has 0 amide bonds. The van der Waals surface area contributed by atoms with Crippen LogP contribution in [0.25, 0.3) is 0 Å². The van der Waals surface area contributed by atoms with E-state index in [1.54, 1.807) is 0 Å². The van der Waals surface area contributed by atoms with Gasteiger partial charge in [0.1, 0.15) is 0 Å². The first-order valence-corrected chi connectivity index (χ1v) is 4.70. The van der Waals surface area contributed by atoms with Gasteiger partial charge in [-0.15, -0.1) is 0 Å². The Morgan fingerprint density at radius 1 is 1.38 bits per heavy atom. The number of hydrogen-bond donors (Lipinski definition) is 2. The highest BCUT2D eigenvalue weighted by Gasteiger charge is 1.98. The lowest BCUT2D eigenvalue weighted by Crippen LogP contribution is -2.15. The quantitative estimate of drug-likeness (QED) is 0.694. The molecule has 0 unspecified atom stereocenters. The third kappa shape index (κ3) is 3.07. The molecule has 1 aromatic rings. The van der Waals surface area contributed by atoms with Crippen LogP contribution in [0, 0.1) is 6.92 Å². The van der Waals surface area contributed by atoms with Crippen molar-refractivity contribution >= 4 is 5.69 Å². The van der Waals surface area contributed by atoms with Crippen LogP contribution in [0.1, 0.15) is 24.5 Å². The first-order chi connectivity index (χ1) is 6.09. The maximum atomic E-state index is 5.72. The summed E-state index contributed by atoms with van der Waals surface area (Å²) in [5.41, 5.74) is 14.7. The minimum atomic E-state index is 0.276. The molecule has 1 rings (SSSR count). The highest BCUT2D eigenvalue weighted by atomic mass is 14.6. The summed E-state index contributed by atoms with van der Waals surface area (Å²) in [5.74, 6) is 0. The summed E-state index contributed by atoms with van der Waals surface area (Å²) in [6.07, 6.45) is 2.07. The van der Waals surface area contributed by atoms with Crippen LogP contribution >= 0.6 is 0 Å². The number of nitrogen functional groups attached to an aromatic ring is 1. The van der Waals surface area contributed by atoms with Crippen molar-refractivity contribution in [3.63, 3.8) is 0 Å². The summed E-state index contributed by atoms with van der Waals surface area (Å²) in [6.45, 7) is 4.06. The van der Waals surface area contributed by atoms with E-state index in [1.807, 2.05) is 19.9 Å². The molecule has 0 heterocycles. The molecule has 0 aliphatic carbocycles. The fourth-order valence-electron chi connectivity index (χ4n) is 1.29. The molecule has 1 aromatic carbocycles. The largest absolute Gasteiger partial charge is 0.399 e. The lowest BCUT2D eigenvalue weighted by Gasteiger charge is -2.06. The summed E-state index contributed by atoms with van der Waals surface area (Å²) >= 11 is 0. The van der Waals surface area contributed by atoms with Gasteiger partial charge < -0.3 is 11.5 Å². The average Bonchev–Trinajstić information content (AvgIpc) is 2.07. The van der Waals surface area contributed by atoms with Gasteiger partial charge in [0.15, 0.2) is 0 Å². The molecule has 72 valence electrons. The molecule has 0 saturated heterocycles. The van der Waals surface area contributed by atoms with Gasteiger partial charge in [0, 0.05) is 11.7 Å². The SMILES string of the molecule is Cc1cc(CC[C@@H](C)N)ccc1N.